The smallest absolute Gasteiger partial charge is 0.164 e. The van der Waals surface area contributed by atoms with E-state index in [1.807, 2.05) is 42.5 Å². The van der Waals surface area contributed by atoms with E-state index in [4.69, 9.17) is 9.72 Å². The van der Waals surface area contributed by atoms with E-state index in [0.717, 1.165) is 45.3 Å². The number of pyridine rings is 1. The molecule has 233 valence electrons. The number of hydrogen-bond acceptors (Lipinski definition) is 4. The van der Waals surface area contributed by atoms with E-state index in [9.17, 15) is 0 Å². The van der Waals surface area contributed by atoms with Crippen LogP contribution >= 0.6 is 0 Å². The van der Waals surface area contributed by atoms with E-state index in [-0.39, 0.29) is 41.8 Å². The topological polar surface area (TPSA) is 66.9 Å². The predicted octanol–water partition coefficient (Wildman–Crippen LogP) is 8.58. The average Bonchev–Trinajstić information content (AvgIpc) is 3.61. The summed E-state index contributed by atoms with van der Waals surface area (Å²) in [5, 5.41) is 8.31. The molecule has 6 nitrogen and oxygen atoms in total. The quantitative estimate of drug-likeness (QED) is 0.160. The van der Waals surface area contributed by atoms with Crippen molar-refractivity contribution in [3.63, 3.8) is 0 Å². The van der Waals surface area contributed by atoms with E-state index in [2.05, 4.69) is 114 Å². The Morgan fingerprint density at radius 1 is 0.864 bits per heavy atom. The minimum atomic E-state index is -0.506. The number of aromatic nitrogens is 5. The van der Waals surface area contributed by atoms with Gasteiger partial charge in [-0.1, -0.05) is 85.7 Å². The van der Waals surface area contributed by atoms with Crippen LogP contribution in [-0.4, -0.2) is 19.6 Å². The predicted molar refractivity (Wildman–Crippen MR) is 173 cm³/mol. The van der Waals surface area contributed by atoms with Gasteiger partial charge in [0, 0.05) is 48.9 Å². The molecule has 0 amide bonds. The molecule has 0 N–H and O–H groups in total. The zero-order valence-electron chi connectivity index (χ0n) is 27.8. The van der Waals surface area contributed by atoms with Crippen LogP contribution in [0.1, 0.15) is 93.0 Å². The van der Waals surface area contributed by atoms with Crippen molar-refractivity contribution in [1.29, 1.82) is 0 Å². The van der Waals surface area contributed by atoms with Gasteiger partial charge in [-0.3, -0.25) is 9.97 Å². The van der Waals surface area contributed by atoms with Crippen LogP contribution in [0.15, 0.2) is 60.8 Å². The van der Waals surface area contributed by atoms with Crippen molar-refractivity contribution in [3.05, 3.63) is 83.7 Å². The molecule has 0 saturated carbocycles. The third kappa shape index (κ3) is 4.75. The zero-order chi connectivity index (χ0) is 31.2. The van der Waals surface area contributed by atoms with Crippen molar-refractivity contribution >= 4 is 11.0 Å². The Morgan fingerprint density at radius 3 is 2.16 bits per heavy atom. The van der Waals surface area contributed by atoms with E-state index in [0.29, 0.717) is 0 Å². The largest absolute Gasteiger partial charge is 0.573 e. The molecule has 0 atom stereocenters. The first-order valence-electron chi connectivity index (χ1n) is 15.2. The zero-order valence-corrected chi connectivity index (χ0v) is 30.1. The van der Waals surface area contributed by atoms with Gasteiger partial charge in [-0.2, -0.15) is 0 Å². The molecule has 1 radical (unpaired) electrons. The van der Waals surface area contributed by atoms with Crippen molar-refractivity contribution < 1.29 is 24.8 Å². The van der Waals surface area contributed by atoms with Crippen molar-refractivity contribution in [1.82, 2.24) is 24.7 Å². The van der Waals surface area contributed by atoms with Crippen LogP contribution < -0.4 is 9.84 Å². The monoisotopic (exact) mass is 766 g/mol. The summed E-state index contributed by atoms with van der Waals surface area (Å²) < 4.78 is 8.60. The second kappa shape index (κ2) is 10.4. The summed E-state index contributed by atoms with van der Waals surface area (Å²) >= 11 is 0. The molecule has 4 heterocycles. The van der Waals surface area contributed by atoms with Gasteiger partial charge in [0.15, 0.2) is 5.72 Å². The molecule has 44 heavy (non-hydrogen) atoms. The Bertz CT molecular complexity index is 1840. The average molecular weight is 766 g/mol. The van der Waals surface area contributed by atoms with Gasteiger partial charge in [-0.25, -0.2) is 0 Å². The van der Waals surface area contributed by atoms with Crippen LogP contribution in [0.25, 0.3) is 33.8 Å². The summed E-state index contributed by atoms with van der Waals surface area (Å²) in [4.78, 5) is 9.32. The number of rotatable bonds is 1. The molecule has 7 heteroatoms. The molecule has 5 aromatic rings. The fourth-order valence-electron chi connectivity index (χ4n) is 6.62. The number of imidazole rings is 1. The van der Waals surface area contributed by atoms with Gasteiger partial charge >= 0.3 is 0 Å². The maximum absolute atomic E-state index is 6.36. The summed E-state index contributed by atoms with van der Waals surface area (Å²) in [6.45, 7) is 24.9. The van der Waals surface area contributed by atoms with E-state index in [1.54, 1.807) is 6.20 Å². The van der Waals surface area contributed by atoms with Crippen LogP contribution in [0.2, 0.25) is 0 Å². The summed E-state index contributed by atoms with van der Waals surface area (Å²) in [7, 11) is 0. The minimum absolute atomic E-state index is 0. The molecule has 0 bridgehead atoms. The van der Waals surface area contributed by atoms with Gasteiger partial charge in [-0.15, -0.1) is 24.3 Å². The van der Waals surface area contributed by atoms with E-state index < -0.39 is 5.72 Å². The first-order chi connectivity index (χ1) is 20.0. The maximum Gasteiger partial charge on any atom is 0.164 e. The molecule has 2 aliphatic rings. The van der Waals surface area contributed by atoms with Crippen LogP contribution in [0.4, 0.5) is 0 Å². The second-order valence-electron chi connectivity index (χ2n) is 15.1. The summed E-state index contributed by atoms with van der Waals surface area (Å²) in [6, 6.07) is 21.7. The molecule has 0 spiro atoms. The molecular weight excluding hydrogens is 723 g/mol. The van der Waals surface area contributed by atoms with E-state index in [1.165, 1.54) is 11.1 Å². The number of hydrogen-bond donors (Lipinski definition) is 0. The standard InChI is InChI=1S/C25H29N2O.C12H14N3.Ir/c1-22(2)16-13-18-19(14-17(16)23(3,4)24(22,5)6)27-21(26-18)15-11-9-10-12-20(15)28-25(27,7)8;1-12(2,3)11-8-10(14-15-11)9-6-4-5-7-13-9;/h9-10,12-14H,1-8H3;4-8H,1-3H3;/q2*-1;. The van der Waals surface area contributed by atoms with Gasteiger partial charge in [0.2, 0.25) is 0 Å². The van der Waals surface area contributed by atoms with Crippen LogP contribution in [0, 0.1) is 11.5 Å². The van der Waals surface area contributed by atoms with Crippen LogP contribution in [0.5, 0.6) is 5.75 Å². The van der Waals surface area contributed by atoms with Gasteiger partial charge < -0.3 is 19.5 Å². The molecule has 0 saturated heterocycles. The molecule has 0 unspecified atom stereocenters. The molecule has 1 aliphatic heterocycles. The Morgan fingerprint density at radius 2 is 1.55 bits per heavy atom. The molecule has 1 aliphatic carbocycles. The van der Waals surface area contributed by atoms with Gasteiger partial charge in [0.05, 0.1) is 16.9 Å². The van der Waals surface area contributed by atoms with Gasteiger partial charge in [0.1, 0.15) is 0 Å². The fourth-order valence-corrected chi connectivity index (χ4v) is 6.62. The number of ether oxygens (including phenoxy) is 1. The molecular formula is C37H43IrN5O-2. The minimum Gasteiger partial charge on any atom is -0.573 e. The summed E-state index contributed by atoms with van der Waals surface area (Å²) in [6.07, 6.45) is 1.76. The van der Waals surface area contributed by atoms with Gasteiger partial charge in [-0.05, 0) is 65.5 Å². The SMILES string of the molecule is CC(C)(C)c1cc(-c2ccccn2)[n-]n1.CC1(C)Oc2ccc[c-]c2-c2nc3cc4c(cc3n21)C(C)(C)C(C)(C)C4(C)C.[Ir]. The van der Waals surface area contributed by atoms with Crippen LogP contribution in [-0.2, 0) is 42.1 Å². The van der Waals surface area contributed by atoms with Gasteiger partial charge in [0.25, 0.3) is 0 Å². The van der Waals surface area contributed by atoms with Crippen LogP contribution in [0.3, 0.4) is 0 Å². The second-order valence-corrected chi connectivity index (χ2v) is 15.1. The summed E-state index contributed by atoms with van der Waals surface area (Å²) in [5.41, 5.74) is 8.50. The normalized spacial score (nSPS) is 18.2. The summed E-state index contributed by atoms with van der Waals surface area (Å²) in [5.74, 6) is 1.80. The Hall–Kier alpha value is -3.28. The Balaban J connectivity index is 0.000000204. The number of benzene rings is 2. The Kier molecular flexibility index (Phi) is 7.58. The third-order valence-electron chi connectivity index (χ3n) is 10.4. The number of nitrogens with zero attached hydrogens (tertiary/aromatic N) is 5. The molecule has 3 aromatic heterocycles. The first kappa shape index (κ1) is 32.1. The van der Waals surface area contributed by atoms with Crippen molar-refractivity contribution in [3.8, 4) is 28.5 Å². The molecule has 0 fully saturated rings. The van der Waals surface area contributed by atoms with E-state index >= 15 is 0 Å². The fraction of sp³-hybridized carbons (Fsp3) is 0.432. The van der Waals surface area contributed by atoms with Crippen molar-refractivity contribution in [2.45, 2.75) is 98.1 Å². The van der Waals surface area contributed by atoms with Crippen molar-refractivity contribution in [2.24, 2.45) is 5.41 Å². The Labute approximate surface area is 275 Å². The molecule has 7 rings (SSSR count). The van der Waals surface area contributed by atoms with Crippen molar-refractivity contribution in [2.75, 3.05) is 0 Å². The number of fused-ring (bicyclic) bond motifs is 6. The maximum atomic E-state index is 6.36. The molecule has 2 aromatic carbocycles. The third-order valence-corrected chi connectivity index (χ3v) is 10.4. The first-order valence-corrected chi connectivity index (χ1v) is 15.2.